The maximum Gasteiger partial charge on any atom is 0.191 e. The highest BCUT2D eigenvalue weighted by atomic mass is 127. The molecular weight excluding hydrogens is 357 g/mol. The summed E-state index contributed by atoms with van der Waals surface area (Å²) >= 11 is 1.85. The van der Waals surface area contributed by atoms with E-state index in [4.69, 9.17) is 0 Å². The lowest BCUT2D eigenvalue weighted by Crippen LogP contribution is -2.38. The van der Waals surface area contributed by atoms with Crippen molar-refractivity contribution in [3.63, 3.8) is 0 Å². The number of benzene rings is 1. The number of guanidine groups is 1. The molecule has 0 amide bonds. The highest BCUT2D eigenvalue weighted by Crippen LogP contribution is 2.15. The normalized spacial score (nSPS) is 10.7. The summed E-state index contributed by atoms with van der Waals surface area (Å²) in [5, 5.41) is 6.54. The van der Waals surface area contributed by atoms with E-state index in [9.17, 15) is 0 Å². The molecule has 0 aliphatic heterocycles. The lowest BCUT2D eigenvalue weighted by Gasteiger charge is -2.10. The van der Waals surface area contributed by atoms with Gasteiger partial charge in [0, 0.05) is 30.8 Å². The van der Waals surface area contributed by atoms with E-state index in [0.717, 1.165) is 31.2 Å². The fourth-order valence-corrected chi connectivity index (χ4v) is 2.11. The summed E-state index contributed by atoms with van der Waals surface area (Å²) in [6.45, 7) is 4.03. The molecule has 0 saturated carbocycles. The maximum atomic E-state index is 4.16. The Hall–Kier alpha value is -0.430. The lowest BCUT2D eigenvalue weighted by atomic mass is 10.4. The Balaban J connectivity index is 0.00000289. The smallest absolute Gasteiger partial charge is 0.191 e. The Morgan fingerprint density at radius 1 is 1.17 bits per heavy atom. The minimum atomic E-state index is 0. The minimum Gasteiger partial charge on any atom is -0.356 e. The summed E-state index contributed by atoms with van der Waals surface area (Å²) in [4.78, 5) is 5.47. The largest absolute Gasteiger partial charge is 0.356 e. The second kappa shape index (κ2) is 11.6. The average molecular weight is 379 g/mol. The summed E-state index contributed by atoms with van der Waals surface area (Å²) in [6, 6.07) is 10.4. The Morgan fingerprint density at radius 3 is 2.44 bits per heavy atom. The van der Waals surface area contributed by atoms with E-state index < -0.39 is 0 Å². The molecule has 0 spiro atoms. The number of halogens is 1. The first-order valence-electron chi connectivity index (χ1n) is 5.99. The fraction of sp³-hybridized carbons (Fsp3) is 0.462. The summed E-state index contributed by atoms with van der Waals surface area (Å²) in [7, 11) is 1.80. The van der Waals surface area contributed by atoms with Gasteiger partial charge in [0.1, 0.15) is 0 Å². The van der Waals surface area contributed by atoms with Crippen molar-refractivity contribution in [2.45, 2.75) is 18.2 Å². The third-order valence-corrected chi connectivity index (χ3v) is 3.19. The first-order chi connectivity index (χ1) is 8.36. The summed E-state index contributed by atoms with van der Waals surface area (Å²) in [6.07, 6.45) is 1.11. The van der Waals surface area contributed by atoms with Crippen molar-refractivity contribution in [3.05, 3.63) is 30.3 Å². The van der Waals surface area contributed by atoms with Crippen LogP contribution in [0.25, 0.3) is 0 Å². The molecule has 1 rings (SSSR count). The van der Waals surface area contributed by atoms with Crippen molar-refractivity contribution in [3.8, 4) is 0 Å². The number of nitrogens with zero attached hydrogens (tertiary/aromatic N) is 1. The zero-order valence-corrected chi connectivity index (χ0v) is 14.1. The van der Waals surface area contributed by atoms with Crippen LogP contribution in [-0.4, -0.2) is 31.8 Å². The molecule has 1 aromatic rings. The molecule has 0 aromatic heterocycles. The third-order valence-electron chi connectivity index (χ3n) is 2.17. The molecule has 0 aliphatic rings. The predicted molar refractivity (Wildman–Crippen MR) is 92.2 cm³/mol. The van der Waals surface area contributed by atoms with Gasteiger partial charge in [0.25, 0.3) is 0 Å². The Bertz CT molecular complexity index is 330. The highest BCUT2D eigenvalue weighted by Gasteiger charge is 1.96. The summed E-state index contributed by atoms with van der Waals surface area (Å²) < 4.78 is 0. The molecular formula is C13H22IN3S. The van der Waals surface area contributed by atoms with Crippen LogP contribution >= 0.6 is 35.7 Å². The number of aliphatic imine (C=N–C) groups is 1. The van der Waals surface area contributed by atoms with Gasteiger partial charge in [0.2, 0.25) is 0 Å². The monoisotopic (exact) mass is 379 g/mol. The molecule has 18 heavy (non-hydrogen) atoms. The van der Waals surface area contributed by atoms with Gasteiger partial charge in [-0.15, -0.1) is 35.7 Å². The second-order valence-corrected chi connectivity index (χ2v) is 4.76. The van der Waals surface area contributed by atoms with Gasteiger partial charge in [-0.2, -0.15) is 0 Å². The molecule has 0 saturated heterocycles. The van der Waals surface area contributed by atoms with Gasteiger partial charge >= 0.3 is 0 Å². The number of nitrogens with one attached hydrogen (secondary N) is 2. The van der Waals surface area contributed by atoms with E-state index in [1.54, 1.807) is 7.05 Å². The Kier molecular flexibility index (Phi) is 11.4. The van der Waals surface area contributed by atoms with Crippen molar-refractivity contribution < 1.29 is 0 Å². The van der Waals surface area contributed by atoms with E-state index in [1.807, 2.05) is 17.8 Å². The molecule has 3 nitrogen and oxygen atoms in total. The number of hydrogen-bond donors (Lipinski definition) is 2. The van der Waals surface area contributed by atoms with Gasteiger partial charge in [-0.25, -0.2) is 0 Å². The van der Waals surface area contributed by atoms with Crippen molar-refractivity contribution in [1.29, 1.82) is 0 Å². The molecule has 5 heteroatoms. The van der Waals surface area contributed by atoms with Gasteiger partial charge in [0.15, 0.2) is 5.96 Å². The second-order valence-electron chi connectivity index (χ2n) is 3.59. The van der Waals surface area contributed by atoms with Crippen LogP contribution in [0.1, 0.15) is 13.3 Å². The summed E-state index contributed by atoms with van der Waals surface area (Å²) in [5.41, 5.74) is 0. The standard InChI is InChI=1S/C13H21N3S.HI/c1-3-9-15-13(14-2)16-10-11-17-12-7-5-4-6-8-12;/h4-8H,3,9-11H2,1-2H3,(H2,14,15,16);1H. The Labute approximate surface area is 131 Å². The fourth-order valence-electron chi connectivity index (χ4n) is 1.32. The van der Waals surface area contributed by atoms with E-state index in [-0.39, 0.29) is 24.0 Å². The Morgan fingerprint density at radius 2 is 1.83 bits per heavy atom. The van der Waals surface area contributed by atoms with Crippen LogP contribution in [0.15, 0.2) is 40.2 Å². The topological polar surface area (TPSA) is 36.4 Å². The first-order valence-corrected chi connectivity index (χ1v) is 6.97. The van der Waals surface area contributed by atoms with E-state index >= 15 is 0 Å². The zero-order chi connectivity index (χ0) is 12.3. The lowest BCUT2D eigenvalue weighted by molar-refractivity contribution is 0.795. The molecule has 0 bridgehead atoms. The highest BCUT2D eigenvalue weighted by molar-refractivity contribution is 14.0. The van der Waals surface area contributed by atoms with Crippen LogP contribution in [0.2, 0.25) is 0 Å². The van der Waals surface area contributed by atoms with Crippen LogP contribution < -0.4 is 10.6 Å². The van der Waals surface area contributed by atoms with Crippen molar-refractivity contribution in [2.75, 3.05) is 25.9 Å². The number of thioether (sulfide) groups is 1. The molecule has 2 N–H and O–H groups in total. The summed E-state index contributed by atoms with van der Waals surface area (Å²) in [5.74, 6) is 1.93. The number of rotatable bonds is 6. The van der Waals surface area contributed by atoms with E-state index in [0.29, 0.717) is 0 Å². The first kappa shape index (κ1) is 17.6. The molecule has 0 aliphatic carbocycles. The van der Waals surface area contributed by atoms with Gasteiger partial charge in [-0.1, -0.05) is 25.1 Å². The van der Waals surface area contributed by atoms with Crippen molar-refractivity contribution >= 4 is 41.7 Å². The van der Waals surface area contributed by atoms with Gasteiger partial charge in [0.05, 0.1) is 0 Å². The maximum absolute atomic E-state index is 4.16. The molecule has 1 aromatic carbocycles. The average Bonchev–Trinajstić information content (AvgIpc) is 2.39. The van der Waals surface area contributed by atoms with Crippen LogP contribution in [-0.2, 0) is 0 Å². The SMILES string of the molecule is CCCNC(=NC)NCCSc1ccccc1.I. The van der Waals surface area contributed by atoms with Crippen LogP contribution in [0, 0.1) is 0 Å². The van der Waals surface area contributed by atoms with Gasteiger partial charge in [-0.05, 0) is 18.6 Å². The third kappa shape index (κ3) is 7.81. The predicted octanol–water partition coefficient (Wildman–Crippen LogP) is 2.97. The van der Waals surface area contributed by atoms with Crippen LogP contribution in [0.3, 0.4) is 0 Å². The molecule has 0 atom stereocenters. The van der Waals surface area contributed by atoms with Crippen LogP contribution in [0.4, 0.5) is 0 Å². The molecule has 102 valence electrons. The minimum absolute atomic E-state index is 0. The zero-order valence-electron chi connectivity index (χ0n) is 11.0. The van der Waals surface area contributed by atoms with Gasteiger partial charge < -0.3 is 10.6 Å². The van der Waals surface area contributed by atoms with E-state index in [2.05, 4.69) is 46.8 Å². The molecule has 0 heterocycles. The molecule has 0 radical (unpaired) electrons. The number of hydrogen-bond acceptors (Lipinski definition) is 2. The van der Waals surface area contributed by atoms with Crippen LogP contribution in [0.5, 0.6) is 0 Å². The van der Waals surface area contributed by atoms with Crippen molar-refractivity contribution in [1.82, 2.24) is 10.6 Å². The van der Waals surface area contributed by atoms with Crippen molar-refractivity contribution in [2.24, 2.45) is 4.99 Å². The molecule has 0 unspecified atom stereocenters. The quantitative estimate of drug-likeness (QED) is 0.262. The molecule has 0 fully saturated rings. The van der Waals surface area contributed by atoms with E-state index in [1.165, 1.54) is 4.90 Å². The van der Waals surface area contributed by atoms with Gasteiger partial charge in [-0.3, -0.25) is 4.99 Å².